The lowest BCUT2D eigenvalue weighted by molar-refractivity contribution is 0.202. The second-order valence-electron chi connectivity index (χ2n) is 4.16. The minimum absolute atomic E-state index is 0.114. The van der Waals surface area contributed by atoms with Crippen LogP contribution in [0.15, 0.2) is 48.5 Å². The van der Waals surface area contributed by atoms with Gasteiger partial charge in [-0.1, -0.05) is 30.3 Å². The zero-order chi connectivity index (χ0) is 13.7. The van der Waals surface area contributed by atoms with Crippen molar-refractivity contribution in [2.24, 2.45) is 5.73 Å². The number of rotatable bonds is 5. The van der Waals surface area contributed by atoms with Crippen molar-refractivity contribution in [1.82, 2.24) is 0 Å². The number of hydrogen-bond donors (Lipinski definition) is 2. The molecule has 1 atom stereocenters. The number of ether oxygens (including phenoxy) is 1. The Balaban J connectivity index is 2.24. The molecule has 0 fully saturated rings. The molecule has 0 heterocycles. The van der Waals surface area contributed by atoms with E-state index in [-0.39, 0.29) is 19.0 Å². The first kappa shape index (κ1) is 13.5. The molecule has 100 valence electrons. The van der Waals surface area contributed by atoms with Crippen molar-refractivity contribution in [3.8, 4) is 5.75 Å². The molecule has 19 heavy (non-hydrogen) atoms. The van der Waals surface area contributed by atoms with Crippen molar-refractivity contribution in [3.63, 3.8) is 0 Å². The van der Waals surface area contributed by atoms with Crippen LogP contribution in [0.4, 0.5) is 4.39 Å². The Labute approximate surface area is 111 Å². The highest BCUT2D eigenvalue weighted by Crippen LogP contribution is 2.25. The fourth-order valence-electron chi connectivity index (χ4n) is 1.86. The largest absolute Gasteiger partial charge is 0.484 e. The van der Waals surface area contributed by atoms with E-state index in [0.29, 0.717) is 16.9 Å². The van der Waals surface area contributed by atoms with Gasteiger partial charge in [0, 0.05) is 12.1 Å². The number of nitrogens with two attached hydrogens (primary N) is 1. The fourth-order valence-corrected chi connectivity index (χ4v) is 1.86. The van der Waals surface area contributed by atoms with Crippen molar-refractivity contribution < 1.29 is 14.2 Å². The Hall–Kier alpha value is -1.91. The molecular weight excluding hydrogens is 245 g/mol. The van der Waals surface area contributed by atoms with E-state index in [1.807, 2.05) is 12.1 Å². The summed E-state index contributed by atoms with van der Waals surface area (Å²) in [4.78, 5) is 0. The Morgan fingerprint density at radius 3 is 2.63 bits per heavy atom. The maximum atomic E-state index is 13.2. The average Bonchev–Trinajstić information content (AvgIpc) is 2.45. The first-order valence-corrected chi connectivity index (χ1v) is 6.05. The van der Waals surface area contributed by atoms with Gasteiger partial charge in [-0.2, -0.15) is 0 Å². The summed E-state index contributed by atoms with van der Waals surface area (Å²) >= 11 is 0. The minimum Gasteiger partial charge on any atom is -0.484 e. The molecular formula is C15H16FNO2. The minimum atomic E-state index is -0.441. The van der Waals surface area contributed by atoms with Crippen molar-refractivity contribution in [2.45, 2.75) is 12.7 Å². The summed E-state index contributed by atoms with van der Waals surface area (Å²) in [5.74, 6) is 0.236. The van der Waals surface area contributed by atoms with Crippen LogP contribution < -0.4 is 10.5 Å². The van der Waals surface area contributed by atoms with E-state index in [9.17, 15) is 9.50 Å². The van der Waals surface area contributed by atoms with Gasteiger partial charge in [-0.15, -0.1) is 0 Å². The molecule has 0 radical (unpaired) electrons. The molecule has 3 nitrogen and oxygen atoms in total. The number of para-hydroxylation sites is 1. The SMILES string of the molecule is NCC(Oc1ccccc1CO)c1cccc(F)c1. The number of aliphatic hydroxyl groups is 1. The van der Waals surface area contributed by atoms with E-state index in [0.717, 1.165) is 0 Å². The molecule has 0 saturated carbocycles. The van der Waals surface area contributed by atoms with Crippen molar-refractivity contribution in [2.75, 3.05) is 6.54 Å². The highest BCUT2D eigenvalue weighted by Gasteiger charge is 2.14. The first-order valence-electron chi connectivity index (χ1n) is 6.05. The smallest absolute Gasteiger partial charge is 0.136 e. The van der Waals surface area contributed by atoms with Crippen LogP contribution in [0.2, 0.25) is 0 Å². The van der Waals surface area contributed by atoms with E-state index in [1.54, 1.807) is 24.3 Å². The summed E-state index contributed by atoms with van der Waals surface area (Å²) in [6.45, 7) is 0.111. The monoisotopic (exact) mass is 261 g/mol. The van der Waals surface area contributed by atoms with Gasteiger partial charge < -0.3 is 15.6 Å². The van der Waals surface area contributed by atoms with Crippen LogP contribution in [0, 0.1) is 5.82 Å². The van der Waals surface area contributed by atoms with Crippen LogP contribution in [0.3, 0.4) is 0 Å². The Morgan fingerprint density at radius 2 is 1.95 bits per heavy atom. The Bertz CT molecular complexity index is 545. The predicted octanol–water partition coefficient (Wildman–Crippen LogP) is 2.40. The zero-order valence-corrected chi connectivity index (χ0v) is 10.4. The van der Waals surface area contributed by atoms with Gasteiger partial charge in [0.05, 0.1) is 6.61 Å². The van der Waals surface area contributed by atoms with E-state index < -0.39 is 6.10 Å². The molecule has 0 aliphatic rings. The molecule has 0 aliphatic carbocycles. The number of halogens is 1. The van der Waals surface area contributed by atoms with E-state index in [1.165, 1.54) is 12.1 Å². The quantitative estimate of drug-likeness (QED) is 0.869. The number of benzene rings is 2. The molecule has 3 N–H and O–H groups in total. The van der Waals surface area contributed by atoms with Gasteiger partial charge in [0.1, 0.15) is 17.7 Å². The molecule has 0 aliphatic heterocycles. The van der Waals surface area contributed by atoms with Gasteiger partial charge in [-0.05, 0) is 23.8 Å². The maximum Gasteiger partial charge on any atom is 0.136 e. The molecule has 0 aromatic heterocycles. The molecule has 2 aromatic rings. The number of aliphatic hydroxyl groups excluding tert-OH is 1. The van der Waals surface area contributed by atoms with Crippen LogP contribution in [-0.4, -0.2) is 11.7 Å². The second kappa shape index (κ2) is 6.31. The van der Waals surface area contributed by atoms with E-state index in [4.69, 9.17) is 10.5 Å². The summed E-state index contributed by atoms with van der Waals surface area (Å²) in [5.41, 5.74) is 7.04. The third kappa shape index (κ3) is 3.30. The average molecular weight is 261 g/mol. The summed E-state index contributed by atoms with van der Waals surface area (Å²) in [7, 11) is 0. The Kier molecular flexibility index (Phi) is 4.49. The van der Waals surface area contributed by atoms with Gasteiger partial charge >= 0.3 is 0 Å². The maximum absolute atomic E-state index is 13.2. The lowest BCUT2D eigenvalue weighted by Crippen LogP contribution is -2.19. The van der Waals surface area contributed by atoms with Crippen molar-refractivity contribution in [1.29, 1.82) is 0 Å². The molecule has 0 bridgehead atoms. The van der Waals surface area contributed by atoms with Crippen LogP contribution >= 0.6 is 0 Å². The van der Waals surface area contributed by atoms with E-state index >= 15 is 0 Å². The van der Waals surface area contributed by atoms with Crippen LogP contribution in [0.5, 0.6) is 5.75 Å². The van der Waals surface area contributed by atoms with Crippen LogP contribution in [0.1, 0.15) is 17.2 Å². The summed E-state index contributed by atoms with van der Waals surface area (Å²) in [5, 5.41) is 9.25. The normalized spacial score (nSPS) is 12.2. The lowest BCUT2D eigenvalue weighted by Gasteiger charge is -2.19. The molecule has 2 rings (SSSR count). The molecule has 0 spiro atoms. The van der Waals surface area contributed by atoms with Crippen LogP contribution in [0.25, 0.3) is 0 Å². The first-order chi connectivity index (χ1) is 9.24. The zero-order valence-electron chi connectivity index (χ0n) is 10.4. The van der Waals surface area contributed by atoms with Crippen molar-refractivity contribution in [3.05, 3.63) is 65.5 Å². The molecule has 4 heteroatoms. The van der Waals surface area contributed by atoms with E-state index in [2.05, 4.69) is 0 Å². The second-order valence-corrected chi connectivity index (χ2v) is 4.16. The third-order valence-corrected chi connectivity index (χ3v) is 2.85. The number of hydrogen-bond acceptors (Lipinski definition) is 3. The van der Waals surface area contributed by atoms with Gasteiger partial charge in [0.2, 0.25) is 0 Å². The highest BCUT2D eigenvalue weighted by molar-refractivity contribution is 5.33. The van der Waals surface area contributed by atoms with Crippen molar-refractivity contribution >= 4 is 0 Å². The standard InChI is InChI=1S/C15H16FNO2/c16-13-6-3-5-11(8-13)15(9-17)19-14-7-2-1-4-12(14)10-18/h1-8,15,18H,9-10,17H2. The Morgan fingerprint density at radius 1 is 1.16 bits per heavy atom. The van der Waals surface area contributed by atoms with Crippen LogP contribution in [-0.2, 0) is 6.61 Å². The fraction of sp³-hybridized carbons (Fsp3) is 0.200. The predicted molar refractivity (Wildman–Crippen MR) is 71.2 cm³/mol. The summed E-state index contributed by atoms with van der Waals surface area (Å²) < 4.78 is 19.0. The highest BCUT2D eigenvalue weighted by atomic mass is 19.1. The molecule has 0 amide bonds. The third-order valence-electron chi connectivity index (χ3n) is 2.85. The molecule has 2 aromatic carbocycles. The molecule has 1 unspecified atom stereocenters. The topological polar surface area (TPSA) is 55.5 Å². The van der Waals surface area contributed by atoms with Gasteiger partial charge in [-0.25, -0.2) is 4.39 Å². The van der Waals surface area contributed by atoms with Gasteiger partial charge in [-0.3, -0.25) is 0 Å². The lowest BCUT2D eigenvalue weighted by atomic mass is 10.1. The van der Waals surface area contributed by atoms with Gasteiger partial charge in [0.25, 0.3) is 0 Å². The molecule has 0 saturated heterocycles. The van der Waals surface area contributed by atoms with Gasteiger partial charge in [0.15, 0.2) is 0 Å². The summed E-state index contributed by atoms with van der Waals surface area (Å²) in [6, 6.07) is 13.3. The summed E-state index contributed by atoms with van der Waals surface area (Å²) in [6.07, 6.45) is -0.441.